The topological polar surface area (TPSA) is 73.6 Å². The van der Waals surface area contributed by atoms with Crippen LogP contribution in [0.5, 0.6) is 11.5 Å². The molecule has 0 bridgehead atoms. The Balaban J connectivity index is 1.54. The standard InChI is InChI=1S/C19H15ClN2O4/c1-11-17(18(22-26-11)13-3-2-4-14(20)8-13)19(23)21-9-12-5-6-15-16(7-12)25-10-24-15/h2-8H,9-10H2,1H3,(H,21,23). The average molecular weight is 371 g/mol. The summed E-state index contributed by atoms with van der Waals surface area (Å²) >= 11 is 6.04. The van der Waals surface area contributed by atoms with E-state index in [4.69, 9.17) is 25.6 Å². The van der Waals surface area contributed by atoms with Crippen molar-refractivity contribution in [2.24, 2.45) is 0 Å². The number of fused-ring (bicyclic) bond motifs is 1. The van der Waals surface area contributed by atoms with E-state index in [2.05, 4.69) is 10.5 Å². The van der Waals surface area contributed by atoms with Crippen molar-refractivity contribution >= 4 is 17.5 Å². The number of carbonyl (C=O) groups excluding carboxylic acids is 1. The van der Waals surface area contributed by atoms with Gasteiger partial charge in [0, 0.05) is 17.1 Å². The van der Waals surface area contributed by atoms with Gasteiger partial charge in [-0.2, -0.15) is 0 Å². The summed E-state index contributed by atoms with van der Waals surface area (Å²) in [5, 5.41) is 7.47. The fraction of sp³-hybridized carbons (Fsp3) is 0.158. The number of nitrogens with zero attached hydrogens (tertiary/aromatic N) is 1. The van der Waals surface area contributed by atoms with Crippen LogP contribution in [0.1, 0.15) is 21.7 Å². The van der Waals surface area contributed by atoms with Crippen molar-refractivity contribution in [3.63, 3.8) is 0 Å². The van der Waals surface area contributed by atoms with Crippen molar-refractivity contribution in [2.45, 2.75) is 13.5 Å². The molecular formula is C19H15ClN2O4. The van der Waals surface area contributed by atoms with Crippen molar-refractivity contribution in [2.75, 3.05) is 6.79 Å². The third-order valence-corrected chi connectivity index (χ3v) is 4.31. The first-order valence-electron chi connectivity index (χ1n) is 8.01. The van der Waals surface area contributed by atoms with Crippen molar-refractivity contribution in [3.8, 4) is 22.8 Å². The maximum atomic E-state index is 12.7. The van der Waals surface area contributed by atoms with Gasteiger partial charge in [-0.15, -0.1) is 0 Å². The van der Waals surface area contributed by atoms with Gasteiger partial charge in [-0.05, 0) is 36.8 Å². The molecule has 4 rings (SSSR count). The first kappa shape index (κ1) is 16.5. The summed E-state index contributed by atoms with van der Waals surface area (Å²) in [5.41, 5.74) is 2.49. The Labute approximate surface area is 154 Å². The fourth-order valence-electron chi connectivity index (χ4n) is 2.79. The second-order valence-electron chi connectivity index (χ2n) is 5.84. The van der Waals surface area contributed by atoms with Gasteiger partial charge in [-0.25, -0.2) is 0 Å². The van der Waals surface area contributed by atoms with E-state index < -0.39 is 0 Å². The smallest absolute Gasteiger partial charge is 0.257 e. The zero-order valence-electron chi connectivity index (χ0n) is 13.9. The van der Waals surface area contributed by atoms with Crippen LogP contribution in [0.2, 0.25) is 5.02 Å². The lowest BCUT2D eigenvalue weighted by atomic mass is 10.1. The van der Waals surface area contributed by atoms with Gasteiger partial charge in [0.05, 0.1) is 0 Å². The molecule has 3 aromatic rings. The van der Waals surface area contributed by atoms with Gasteiger partial charge in [0.1, 0.15) is 17.0 Å². The van der Waals surface area contributed by atoms with Gasteiger partial charge in [-0.3, -0.25) is 4.79 Å². The van der Waals surface area contributed by atoms with Gasteiger partial charge < -0.3 is 19.3 Å². The van der Waals surface area contributed by atoms with Crippen molar-refractivity contribution in [1.29, 1.82) is 0 Å². The molecule has 1 aliphatic heterocycles. The lowest BCUT2D eigenvalue weighted by Crippen LogP contribution is -2.23. The molecule has 1 aromatic heterocycles. The zero-order valence-corrected chi connectivity index (χ0v) is 14.7. The molecule has 2 heterocycles. The Kier molecular flexibility index (Phi) is 4.26. The molecule has 7 heteroatoms. The van der Waals surface area contributed by atoms with E-state index in [0.29, 0.717) is 40.1 Å². The molecule has 1 amide bonds. The molecule has 6 nitrogen and oxygen atoms in total. The number of benzene rings is 2. The van der Waals surface area contributed by atoms with Crippen LogP contribution >= 0.6 is 11.6 Å². The maximum Gasteiger partial charge on any atom is 0.257 e. The Morgan fingerprint density at radius 1 is 1.19 bits per heavy atom. The summed E-state index contributed by atoms with van der Waals surface area (Å²) in [5.74, 6) is 1.57. The molecule has 0 unspecified atom stereocenters. The summed E-state index contributed by atoms with van der Waals surface area (Å²) in [4.78, 5) is 12.7. The number of amides is 1. The molecule has 0 atom stereocenters. The highest BCUT2D eigenvalue weighted by molar-refractivity contribution is 6.30. The number of rotatable bonds is 4. The first-order chi connectivity index (χ1) is 12.6. The van der Waals surface area contributed by atoms with E-state index in [9.17, 15) is 4.79 Å². The van der Waals surface area contributed by atoms with Gasteiger partial charge in [-0.1, -0.05) is 35.0 Å². The number of halogens is 1. The van der Waals surface area contributed by atoms with Gasteiger partial charge >= 0.3 is 0 Å². The van der Waals surface area contributed by atoms with E-state index in [-0.39, 0.29) is 12.7 Å². The number of aryl methyl sites for hydroxylation is 1. The molecule has 2 aromatic carbocycles. The Morgan fingerprint density at radius 2 is 2.04 bits per heavy atom. The minimum atomic E-state index is -0.267. The van der Waals surface area contributed by atoms with Crippen LogP contribution in [0.25, 0.3) is 11.3 Å². The van der Waals surface area contributed by atoms with Crippen LogP contribution < -0.4 is 14.8 Å². The monoisotopic (exact) mass is 370 g/mol. The molecule has 1 aliphatic rings. The molecule has 0 saturated carbocycles. The summed E-state index contributed by atoms with van der Waals surface area (Å²) in [6, 6.07) is 12.7. The van der Waals surface area contributed by atoms with Crippen LogP contribution in [0.4, 0.5) is 0 Å². The second kappa shape index (κ2) is 6.72. The quantitative estimate of drug-likeness (QED) is 0.752. The number of carbonyl (C=O) groups is 1. The van der Waals surface area contributed by atoms with E-state index in [1.807, 2.05) is 24.3 Å². The molecule has 0 aliphatic carbocycles. The van der Waals surface area contributed by atoms with Crippen molar-refractivity contribution < 1.29 is 18.8 Å². The van der Waals surface area contributed by atoms with E-state index in [1.54, 1.807) is 25.1 Å². The number of hydrogen-bond donors (Lipinski definition) is 1. The number of aromatic nitrogens is 1. The zero-order chi connectivity index (χ0) is 18.1. The molecule has 132 valence electrons. The van der Waals surface area contributed by atoms with E-state index in [1.165, 1.54) is 0 Å². The van der Waals surface area contributed by atoms with Crippen LogP contribution in [0, 0.1) is 6.92 Å². The predicted molar refractivity (Wildman–Crippen MR) is 95.4 cm³/mol. The van der Waals surface area contributed by atoms with Crippen molar-refractivity contribution in [1.82, 2.24) is 10.5 Å². The van der Waals surface area contributed by atoms with E-state index in [0.717, 1.165) is 11.1 Å². The molecular weight excluding hydrogens is 356 g/mol. The number of nitrogens with one attached hydrogen (secondary N) is 1. The minimum Gasteiger partial charge on any atom is -0.454 e. The summed E-state index contributed by atoms with van der Waals surface area (Å²) in [7, 11) is 0. The Hall–Kier alpha value is -2.99. The SMILES string of the molecule is Cc1onc(-c2cccc(Cl)c2)c1C(=O)NCc1ccc2c(c1)OCO2. The Bertz CT molecular complexity index is 983. The highest BCUT2D eigenvalue weighted by atomic mass is 35.5. The molecule has 0 fully saturated rings. The summed E-state index contributed by atoms with van der Waals surface area (Å²) in [6.07, 6.45) is 0. The number of hydrogen-bond acceptors (Lipinski definition) is 5. The largest absolute Gasteiger partial charge is 0.454 e. The normalized spacial score (nSPS) is 12.2. The molecule has 1 N–H and O–H groups in total. The first-order valence-corrected chi connectivity index (χ1v) is 8.38. The molecule has 0 spiro atoms. The van der Waals surface area contributed by atoms with E-state index >= 15 is 0 Å². The third kappa shape index (κ3) is 3.11. The molecule has 0 saturated heterocycles. The minimum absolute atomic E-state index is 0.216. The van der Waals surface area contributed by atoms with Crippen LogP contribution in [-0.2, 0) is 6.54 Å². The highest BCUT2D eigenvalue weighted by Crippen LogP contribution is 2.32. The summed E-state index contributed by atoms with van der Waals surface area (Å²) in [6.45, 7) is 2.26. The fourth-order valence-corrected chi connectivity index (χ4v) is 2.98. The lowest BCUT2D eigenvalue weighted by Gasteiger charge is -2.07. The van der Waals surface area contributed by atoms with Gasteiger partial charge in [0.15, 0.2) is 11.5 Å². The van der Waals surface area contributed by atoms with Crippen molar-refractivity contribution in [3.05, 3.63) is 64.4 Å². The van der Waals surface area contributed by atoms with Crippen LogP contribution in [0.15, 0.2) is 47.0 Å². The second-order valence-corrected chi connectivity index (χ2v) is 6.28. The number of ether oxygens (including phenoxy) is 2. The van der Waals surface area contributed by atoms with Gasteiger partial charge in [0.25, 0.3) is 5.91 Å². The molecule has 26 heavy (non-hydrogen) atoms. The molecule has 0 radical (unpaired) electrons. The van der Waals surface area contributed by atoms with Crippen LogP contribution in [-0.4, -0.2) is 17.9 Å². The highest BCUT2D eigenvalue weighted by Gasteiger charge is 2.22. The lowest BCUT2D eigenvalue weighted by molar-refractivity contribution is 0.0950. The predicted octanol–water partition coefficient (Wildman–Crippen LogP) is 3.96. The summed E-state index contributed by atoms with van der Waals surface area (Å²) < 4.78 is 15.9. The third-order valence-electron chi connectivity index (χ3n) is 4.08. The Morgan fingerprint density at radius 3 is 2.88 bits per heavy atom. The maximum absolute atomic E-state index is 12.7. The van der Waals surface area contributed by atoms with Crippen LogP contribution in [0.3, 0.4) is 0 Å². The van der Waals surface area contributed by atoms with Gasteiger partial charge in [0.2, 0.25) is 6.79 Å². The average Bonchev–Trinajstić information content (AvgIpc) is 3.25.